The fraction of sp³-hybridized carbons (Fsp3) is 0.625. The fourth-order valence-electron chi connectivity index (χ4n) is 2.89. The lowest BCUT2D eigenvalue weighted by Gasteiger charge is -2.28. The molecule has 0 aromatic heterocycles. The third-order valence-electron chi connectivity index (χ3n) is 4.37. The van der Waals surface area contributed by atoms with Gasteiger partial charge in [0.1, 0.15) is 0 Å². The van der Waals surface area contributed by atoms with Crippen LogP contribution in [0.15, 0.2) is 29.2 Å². The van der Waals surface area contributed by atoms with E-state index in [9.17, 15) is 8.42 Å². The van der Waals surface area contributed by atoms with E-state index in [2.05, 4.69) is 12.2 Å². The molecule has 112 valence electrons. The molecule has 0 spiro atoms. The van der Waals surface area contributed by atoms with Crippen LogP contribution in [0.25, 0.3) is 0 Å². The van der Waals surface area contributed by atoms with Gasteiger partial charge in [-0.25, -0.2) is 8.42 Å². The van der Waals surface area contributed by atoms with Gasteiger partial charge in [-0.1, -0.05) is 25.5 Å². The Labute approximate surface area is 122 Å². The Morgan fingerprint density at radius 3 is 2.20 bits per heavy atom. The zero-order valence-corrected chi connectivity index (χ0v) is 13.2. The number of hydrogen-bond acceptors (Lipinski definition) is 3. The Bertz CT molecular complexity index is 514. The quantitative estimate of drug-likeness (QED) is 0.907. The lowest BCUT2D eigenvalue weighted by Crippen LogP contribution is -2.32. The Hall–Kier alpha value is -0.870. The third kappa shape index (κ3) is 4.32. The van der Waals surface area contributed by atoms with Gasteiger partial charge in [-0.15, -0.1) is 0 Å². The van der Waals surface area contributed by atoms with E-state index in [4.69, 9.17) is 0 Å². The van der Waals surface area contributed by atoms with Crippen molar-refractivity contribution in [3.63, 3.8) is 0 Å². The van der Waals surface area contributed by atoms with Crippen LogP contribution in [0.1, 0.15) is 44.6 Å². The van der Waals surface area contributed by atoms with Gasteiger partial charge in [-0.2, -0.15) is 0 Å². The average molecular weight is 295 g/mol. The second-order valence-electron chi connectivity index (χ2n) is 5.92. The molecule has 1 aliphatic rings. The SMILES string of the molecule is CCC1CCC(NCc2ccc(S(C)(=O)=O)cc2)CC1. The molecule has 1 fully saturated rings. The van der Waals surface area contributed by atoms with Crippen molar-refractivity contribution in [2.24, 2.45) is 5.92 Å². The van der Waals surface area contributed by atoms with Crippen LogP contribution >= 0.6 is 0 Å². The van der Waals surface area contributed by atoms with Gasteiger partial charge in [-0.3, -0.25) is 0 Å². The first-order valence-electron chi connectivity index (χ1n) is 7.51. The summed E-state index contributed by atoms with van der Waals surface area (Å²) in [5.74, 6) is 0.919. The molecule has 0 radical (unpaired) electrons. The summed E-state index contributed by atoms with van der Waals surface area (Å²) in [4.78, 5) is 0.393. The summed E-state index contributed by atoms with van der Waals surface area (Å²) in [5, 5.41) is 3.59. The number of rotatable bonds is 5. The molecule has 0 amide bonds. The predicted octanol–water partition coefficient (Wildman–Crippen LogP) is 3.15. The summed E-state index contributed by atoms with van der Waals surface area (Å²) in [6.07, 6.45) is 7.74. The first-order chi connectivity index (χ1) is 9.49. The van der Waals surface area contributed by atoms with Crippen LogP contribution in [-0.2, 0) is 16.4 Å². The number of benzene rings is 1. The van der Waals surface area contributed by atoms with E-state index >= 15 is 0 Å². The second kappa shape index (κ2) is 6.72. The summed E-state index contributed by atoms with van der Waals surface area (Å²) in [7, 11) is -3.08. The maximum Gasteiger partial charge on any atom is 0.175 e. The van der Waals surface area contributed by atoms with E-state index in [1.54, 1.807) is 12.1 Å². The number of nitrogens with one attached hydrogen (secondary N) is 1. The first kappa shape index (κ1) is 15.5. The van der Waals surface area contributed by atoms with E-state index in [0.29, 0.717) is 10.9 Å². The molecule has 1 aromatic carbocycles. The van der Waals surface area contributed by atoms with Crippen molar-refractivity contribution >= 4 is 9.84 Å². The summed E-state index contributed by atoms with van der Waals surface area (Å²) in [6.45, 7) is 3.10. The smallest absolute Gasteiger partial charge is 0.175 e. The zero-order valence-electron chi connectivity index (χ0n) is 12.4. The maximum absolute atomic E-state index is 11.4. The molecule has 4 heteroatoms. The minimum Gasteiger partial charge on any atom is -0.310 e. The minimum atomic E-state index is -3.08. The summed E-state index contributed by atoms with van der Waals surface area (Å²) < 4.78 is 22.8. The highest BCUT2D eigenvalue weighted by Crippen LogP contribution is 2.26. The van der Waals surface area contributed by atoms with Crippen LogP contribution in [0.4, 0.5) is 0 Å². The van der Waals surface area contributed by atoms with Crippen LogP contribution in [-0.4, -0.2) is 20.7 Å². The molecule has 0 bridgehead atoms. The Morgan fingerprint density at radius 1 is 1.10 bits per heavy atom. The third-order valence-corrected chi connectivity index (χ3v) is 5.50. The highest BCUT2D eigenvalue weighted by Gasteiger charge is 2.19. The Kier molecular flexibility index (Phi) is 5.22. The highest BCUT2D eigenvalue weighted by molar-refractivity contribution is 7.90. The molecule has 0 saturated heterocycles. The zero-order chi connectivity index (χ0) is 14.6. The predicted molar refractivity (Wildman–Crippen MR) is 82.4 cm³/mol. The van der Waals surface area contributed by atoms with Gasteiger partial charge in [0.25, 0.3) is 0 Å². The molecule has 0 heterocycles. The second-order valence-corrected chi connectivity index (χ2v) is 7.94. The van der Waals surface area contributed by atoms with Gasteiger partial charge in [0.2, 0.25) is 0 Å². The monoisotopic (exact) mass is 295 g/mol. The lowest BCUT2D eigenvalue weighted by atomic mass is 9.84. The van der Waals surface area contributed by atoms with Crippen LogP contribution in [0.3, 0.4) is 0 Å². The first-order valence-corrected chi connectivity index (χ1v) is 9.40. The van der Waals surface area contributed by atoms with E-state index in [1.807, 2.05) is 12.1 Å². The van der Waals surface area contributed by atoms with E-state index in [1.165, 1.54) is 38.4 Å². The standard InChI is InChI=1S/C16H25NO2S/c1-3-13-4-8-15(9-5-13)17-12-14-6-10-16(11-7-14)20(2,18)19/h6-7,10-11,13,15,17H,3-5,8-9,12H2,1-2H3. The lowest BCUT2D eigenvalue weighted by molar-refractivity contribution is 0.285. The van der Waals surface area contributed by atoms with Crippen LogP contribution < -0.4 is 5.32 Å². The highest BCUT2D eigenvalue weighted by atomic mass is 32.2. The molecule has 2 rings (SSSR count). The van der Waals surface area contributed by atoms with Crippen molar-refractivity contribution in [1.29, 1.82) is 0 Å². The molecule has 0 aliphatic heterocycles. The van der Waals surface area contributed by atoms with Crippen molar-refractivity contribution < 1.29 is 8.42 Å². The van der Waals surface area contributed by atoms with Crippen LogP contribution in [0, 0.1) is 5.92 Å². The maximum atomic E-state index is 11.4. The van der Waals surface area contributed by atoms with Gasteiger partial charge in [0.15, 0.2) is 9.84 Å². The molecule has 3 nitrogen and oxygen atoms in total. The van der Waals surface area contributed by atoms with E-state index in [0.717, 1.165) is 18.0 Å². The topological polar surface area (TPSA) is 46.2 Å². The van der Waals surface area contributed by atoms with Crippen molar-refractivity contribution in [3.05, 3.63) is 29.8 Å². The van der Waals surface area contributed by atoms with Crippen LogP contribution in [0.5, 0.6) is 0 Å². The van der Waals surface area contributed by atoms with Crippen molar-refractivity contribution in [1.82, 2.24) is 5.32 Å². The minimum absolute atomic E-state index is 0.393. The van der Waals surface area contributed by atoms with Gasteiger partial charge in [0.05, 0.1) is 4.90 Å². The number of hydrogen-bond donors (Lipinski definition) is 1. The molecule has 0 unspecified atom stereocenters. The van der Waals surface area contributed by atoms with E-state index < -0.39 is 9.84 Å². The largest absolute Gasteiger partial charge is 0.310 e. The van der Waals surface area contributed by atoms with Gasteiger partial charge in [-0.05, 0) is 49.3 Å². The normalized spacial score (nSPS) is 23.7. The molecule has 1 aromatic rings. The van der Waals surface area contributed by atoms with Crippen molar-refractivity contribution in [2.75, 3.05) is 6.26 Å². The van der Waals surface area contributed by atoms with E-state index in [-0.39, 0.29) is 0 Å². The molecule has 1 saturated carbocycles. The molecule has 1 N–H and O–H groups in total. The molecule has 0 atom stereocenters. The van der Waals surface area contributed by atoms with Crippen molar-refractivity contribution in [3.8, 4) is 0 Å². The summed E-state index contributed by atoms with van der Waals surface area (Å²) in [6, 6.07) is 7.82. The molecule has 1 aliphatic carbocycles. The fourth-order valence-corrected chi connectivity index (χ4v) is 3.52. The Morgan fingerprint density at radius 2 is 1.70 bits per heavy atom. The van der Waals surface area contributed by atoms with Crippen molar-refractivity contribution in [2.45, 2.75) is 56.5 Å². The molecular weight excluding hydrogens is 270 g/mol. The summed E-state index contributed by atoms with van der Waals surface area (Å²) in [5.41, 5.74) is 1.15. The molecular formula is C16H25NO2S. The average Bonchev–Trinajstić information content (AvgIpc) is 2.45. The van der Waals surface area contributed by atoms with Gasteiger partial charge in [0, 0.05) is 18.8 Å². The molecule has 20 heavy (non-hydrogen) atoms. The Balaban J connectivity index is 1.83. The van der Waals surface area contributed by atoms with Gasteiger partial charge < -0.3 is 5.32 Å². The van der Waals surface area contributed by atoms with Crippen LogP contribution in [0.2, 0.25) is 0 Å². The van der Waals surface area contributed by atoms with Gasteiger partial charge >= 0.3 is 0 Å². The summed E-state index contributed by atoms with van der Waals surface area (Å²) >= 11 is 0. The number of sulfone groups is 1.